The molecule has 4 fully saturated rings. The lowest BCUT2D eigenvalue weighted by atomic mass is 9.76. The van der Waals surface area contributed by atoms with Crippen LogP contribution in [0, 0.1) is 18.8 Å². The minimum atomic E-state index is 0.00714. The highest BCUT2D eigenvalue weighted by Gasteiger charge is 2.45. The summed E-state index contributed by atoms with van der Waals surface area (Å²) in [6.45, 7) is 5.70. The standard InChI is InChI=1S/C23H32N4O3S/c1-15-7-10-31-21(15)22(29)24-18-5-8-25(9-6-18)23(30)26-12-16-11-17(14-26)19-3-2-4-20(28)27(19)13-16/h7,10,16-19H,2-6,8-9,11-14H2,1H3,(H,24,29)/t16?,17?,19-/m1/s1. The van der Waals surface area contributed by atoms with Crippen LogP contribution >= 0.6 is 11.3 Å². The number of urea groups is 1. The lowest BCUT2D eigenvalue weighted by Gasteiger charge is -2.53. The molecule has 1 aromatic heterocycles. The fourth-order valence-corrected chi connectivity index (χ4v) is 6.87. The molecule has 2 unspecified atom stereocenters. The first-order valence-electron chi connectivity index (χ1n) is 11.7. The van der Waals surface area contributed by atoms with Gasteiger partial charge in [-0.05, 0) is 67.9 Å². The molecule has 3 atom stereocenters. The van der Waals surface area contributed by atoms with Crippen molar-refractivity contribution in [3.05, 3.63) is 21.9 Å². The van der Waals surface area contributed by atoms with Gasteiger partial charge in [0.05, 0.1) is 4.88 Å². The molecule has 4 amide bonds. The normalized spacial score (nSPS) is 29.0. The first kappa shape index (κ1) is 20.8. The zero-order chi connectivity index (χ0) is 21.5. The molecule has 1 N–H and O–H groups in total. The largest absolute Gasteiger partial charge is 0.348 e. The van der Waals surface area contributed by atoms with Crippen molar-refractivity contribution >= 4 is 29.2 Å². The summed E-state index contributed by atoms with van der Waals surface area (Å²) >= 11 is 1.48. The van der Waals surface area contributed by atoms with Crippen LogP contribution in [0.25, 0.3) is 0 Å². The highest BCUT2D eigenvalue weighted by atomic mass is 32.1. The molecule has 1 aromatic rings. The summed E-state index contributed by atoms with van der Waals surface area (Å²) in [6.07, 6.45) is 5.50. The van der Waals surface area contributed by atoms with Gasteiger partial charge in [0.25, 0.3) is 5.91 Å². The van der Waals surface area contributed by atoms with E-state index in [1.165, 1.54) is 11.3 Å². The highest BCUT2D eigenvalue weighted by Crippen LogP contribution is 2.38. The number of carbonyl (C=O) groups is 3. The van der Waals surface area contributed by atoms with E-state index in [1.54, 1.807) is 0 Å². The number of likely N-dealkylation sites (tertiary alicyclic amines) is 2. The average Bonchev–Trinajstić information content (AvgIpc) is 3.20. The first-order chi connectivity index (χ1) is 15.0. The Bertz CT molecular complexity index is 863. The first-order valence-corrected chi connectivity index (χ1v) is 12.6. The predicted molar refractivity (Wildman–Crippen MR) is 119 cm³/mol. The van der Waals surface area contributed by atoms with Gasteiger partial charge < -0.3 is 20.0 Å². The number of carbonyl (C=O) groups excluding carboxylic acids is 3. The molecule has 2 bridgehead atoms. The van der Waals surface area contributed by atoms with Crippen LogP contribution in [0.2, 0.25) is 0 Å². The molecule has 0 aliphatic carbocycles. The van der Waals surface area contributed by atoms with Crippen LogP contribution in [0.15, 0.2) is 11.4 Å². The number of thiophene rings is 1. The Kier molecular flexibility index (Phi) is 5.67. The van der Waals surface area contributed by atoms with E-state index < -0.39 is 0 Å². The number of rotatable bonds is 2. The van der Waals surface area contributed by atoms with Crippen molar-refractivity contribution in [1.29, 1.82) is 0 Å². The number of hydrogen-bond acceptors (Lipinski definition) is 4. The third-order valence-electron chi connectivity index (χ3n) is 7.62. The summed E-state index contributed by atoms with van der Waals surface area (Å²) in [6, 6.07) is 2.57. The molecular weight excluding hydrogens is 412 g/mol. The zero-order valence-corrected chi connectivity index (χ0v) is 19.0. The van der Waals surface area contributed by atoms with Gasteiger partial charge in [0.1, 0.15) is 0 Å². The average molecular weight is 445 g/mol. The molecule has 8 heteroatoms. The molecule has 5 rings (SSSR count). The second kappa shape index (κ2) is 8.45. The number of fused-ring (bicyclic) bond motifs is 4. The maximum Gasteiger partial charge on any atom is 0.320 e. The molecule has 4 saturated heterocycles. The van der Waals surface area contributed by atoms with Crippen molar-refractivity contribution in [2.24, 2.45) is 11.8 Å². The molecule has 0 saturated carbocycles. The van der Waals surface area contributed by atoms with Crippen LogP contribution < -0.4 is 5.32 Å². The van der Waals surface area contributed by atoms with Gasteiger partial charge in [-0.3, -0.25) is 9.59 Å². The topological polar surface area (TPSA) is 73.0 Å². The van der Waals surface area contributed by atoms with Crippen molar-refractivity contribution in [1.82, 2.24) is 20.0 Å². The molecule has 31 heavy (non-hydrogen) atoms. The van der Waals surface area contributed by atoms with Crippen LogP contribution in [0.1, 0.15) is 53.8 Å². The summed E-state index contributed by atoms with van der Waals surface area (Å²) < 4.78 is 0. The molecular formula is C23H32N4O3S. The Balaban J connectivity index is 1.15. The number of hydrogen-bond donors (Lipinski definition) is 1. The Morgan fingerprint density at radius 3 is 2.65 bits per heavy atom. The van der Waals surface area contributed by atoms with E-state index in [2.05, 4.69) is 10.2 Å². The molecule has 4 aliphatic rings. The van der Waals surface area contributed by atoms with Crippen LogP contribution in [-0.2, 0) is 4.79 Å². The number of nitrogens with one attached hydrogen (secondary N) is 1. The SMILES string of the molecule is Cc1ccsc1C(=O)NC1CCN(C(=O)N2CC3CC(C2)[C@H]2CCCC(=O)N2C3)CC1. The summed E-state index contributed by atoms with van der Waals surface area (Å²) in [7, 11) is 0. The fraction of sp³-hybridized carbons (Fsp3) is 0.696. The molecule has 0 radical (unpaired) electrons. The Hall–Kier alpha value is -2.09. The number of nitrogens with zero attached hydrogens (tertiary/aromatic N) is 3. The Morgan fingerprint density at radius 2 is 1.90 bits per heavy atom. The van der Waals surface area contributed by atoms with Gasteiger partial charge in [-0.2, -0.15) is 0 Å². The van der Waals surface area contributed by atoms with Gasteiger partial charge >= 0.3 is 6.03 Å². The van der Waals surface area contributed by atoms with E-state index in [9.17, 15) is 14.4 Å². The van der Waals surface area contributed by atoms with Gasteiger partial charge in [-0.15, -0.1) is 11.3 Å². The van der Waals surface area contributed by atoms with Crippen LogP contribution in [0.4, 0.5) is 4.79 Å². The van der Waals surface area contributed by atoms with Gasteiger partial charge in [-0.1, -0.05) is 0 Å². The van der Waals surface area contributed by atoms with E-state index in [-0.39, 0.29) is 18.0 Å². The summed E-state index contributed by atoms with van der Waals surface area (Å²) in [4.78, 5) is 45.0. The van der Waals surface area contributed by atoms with Gasteiger partial charge in [0.2, 0.25) is 5.91 Å². The maximum absolute atomic E-state index is 13.3. The minimum Gasteiger partial charge on any atom is -0.348 e. The quantitative estimate of drug-likeness (QED) is 0.762. The van der Waals surface area contributed by atoms with E-state index in [4.69, 9.17) is 0 Å². The molecule has 4 aliphatic heterocycles. The van der Waals surface area contributed by atoms with E-state index in [0.717, 1.165) is 62.2 Å². The predicted octanol–water partition coefficient (Wildman–Crippen LogP) is 2.70. The van der Waals surface area contributed by atoms with Gasteiger partial charge in [-0.25, -0.2) is 4.79 Å². The lowest BCUT2D eigenvalue weighted by Crippen LogP contribution is -2.62. The number of piperidine rings is 4. The molecule has 7 nitrogen and oxygen atoms in total. The molecule has 168 valence electrons. The van der Waals surface area contributed by atoms with Crippen LogP contribution in [0.3, 0.4) is 0 Å². The van der Waals surface area contributed by atoms with Crippen LogP contribution in [0.5, 0.6) is 0 Å². The van der Waals surface area contributed by atoms with E-state index in [1.807, 2.05) is 28.2 Å². The van der Waals surface area contributed by atoms with Crippen LogP contribution in [-0.4, -0.2) is 77.4 Å². The number of aryl methyl sites for hydroxylation is 1. The maximum atomic E-state index is 13.3. The van der Waals surface area contributed by atoms with E-state index >= 15 is 0 Å². The summed E-state index contributed by atoms with van der Waals surface area (Å²) in [5, 5.41) is 5.10. The van der Waals surface area contributed by atoms with E-state index in [0.29, 0.717) is 43.3 Å². The Labute approximate surface area is 187 Å². The summed E-state index contributed by atoms with van der Waals surface area (Å²) in [5.74, 6) is 1.15. The molecule has 0 spiro atoms. The van der Waals surface area contributed by atoms with Gasteiger partial charge in [0.15, 0.2) is 0 Å². The zero-order valence-electron chi connectivity index (χ0n) is 18.2. The van der Waals surface area contributed by atoms with Crippen molar-refractivity contribution in [3.8, 4) is 0 Å². The molecule has 5 heterocycles. The fourth-order valence-electron chi connectivity index (χ4n) is 6.04. The monoisotopic (exact) mass is 444 g/mol. The smallest absolute Gasteiger partial charge is 0.320 e. The van der Waals surface area contributed by atoms with Gasteiger partial charge in [0, 0.05) is 51.2 Å². The number of amides is 4. The second-order valence-corrected chi connectivity index (χ2v) is 10.6. The third kappa shape index (κ3) is 4.06. The van der Waals surface area contributed by atoms with Crippen molar-refractivity contribution in [2.45, 2.75) is 57.5 Å². The van der Waals surface area contributed by atoms with Crippen molar-refractivity contribution in [2.75, 3.05) is 32.7 Å². The van der Waals surface area contributed by atoms with Crippen molar-refractivity contribution < 1.29 is 14.4 Å². The summed E-state index contributed by atoms with van der Waals surface area (Å²) in [5.41, 5.74) is 1.02. The Morgan fingerprint density at radius 1 is 1.10 bits per heavy atom. The highest BCUT2D eigenvalue weighted by molar-refractivity contribution is 7.12. The molecule has 0 aromatic carbocycles. The lowest BCUT2D eigenvalue weighted by molar-refractivity contribution is -0.144. The van der Waals surface area contributed by atoms with Crippen molar-refractivity contribution in [3.63, 3.8) is 0 Å². The second-order valence-electron chi connectivity index (χ2n) is 9.72. The third-order valence-corrected chi connectivity index (χ3v) is 8.63. The minimum absolute atomic E-state index is 0.00714.